The van der Waals surface area contributed by atoms with Crippen molar-refractivity contribution in [1.82, 2.24) is 20.3 Å². The van der Waals surface area contributed by atoms with E-state index in [0.717, 1.165) is 19.5 Å². The fourth-order valence-corrected chi connectivity index (χ4v) is 3.70. The average molecular weight is 278 g/mol. The number of nitrogens with one attached hydrogen (secondary N) is 1. The summed E-state index contributed by atoms with van der Waals surface area (Å²) in [6.07, 6.45) is 8.42. The second-order valence-corrected chi connectivity index (χ2v) is 6.76. The van der Waals surface area contributed by atoms with E-state index in [1.165, 1.54) is 31.4 Å². The molecule has 1 aliphatic carbocycles. The molecule has 0 amide bonds. The van der Waals surface area contributed by atoms with Crippen molar-refractivity contribution < 1.29 is 0 Å². The molecule has 114 valence electrons. The minimum absolute atomic E-state index is 0.386. The zero-order valence-corrected chi connectivity index (χ0v) is 13.5. The molecule has 2 atom stereocenters. The molecule has 4 nitrogen and oxygen atoms in total. The van der Waals surface area contributed by atoms with Crippen LogP contribution in [0.4, 0.5) is 0 Å². The van der Waals surface area contributed by atoms with E-state index in [9.17, 15) is 0 Å². The summed E-state index contributed by atoms with van der Waals surface area (Å²) < 4.78 is 2.10. The molecule has 1 saturated carbocycles. The maximum atomic E-state index is 4.28. The molecule has 0 saturated heterocycles. The highest BCUT2D eigenvalue weighted by Crippen LogP contribution is 2.46. The van der Waals surface area contributed by atoms with Crippen molar-refractivity contribution in [2.75, 3.05) is 6.54 Å². The fourth-order valence-electron chi connectivity index (χ4n) is 3.70. The monoisotopic (exact) mass is 278 g/mol. The van der Waals surface area contributed by atoms with Crippen LogP contribution in [0.25, 0.3) is 0 Å². The zero-order chi connectivity index (χ0) is 14.6. The molecule has 0 bridgehead atoms. The molecule has 2 rings (SSSR count). The fraction of sp³-hybridized carbons (Fsp3) is 0.875. The van der Waals surface area contributed by atoms with Crippen molar-refractivity contribution in [2.45, 2.75) is 72.4 Å². The Labute approximate surface area is 123 Å². The first kappa shape index (κ1) is 15.5. The predicted molar refractivity (Wildman–Crippen MR) is 82.5 cm³/mol. The minimum Gasteiger partial charge on any atom is -0.309 e. The van der Waals surface area contributed by atoms with Crippen LogP contribution in [0, 0.1) is 11.3 Å². The summed E-state index contributed by atoms with van der Waals surface area (Å²) in [7, 11) is 0. The van der Waals surface area contributed by atoms with E-state index in [-0.39, 0.29) is 0 Å². The maximum Gasteiger partial charge on any atom is 0.0759 e. The molecule has 1 fully saturated rings. The van der Waals surface area contributed by atoms with Crippen LogP contribution in [0.5, 0.6) is 0 Å². The Kier molecular flexibility index (Phi) is 5.19. The Morgan fingerprint density at radius 3 is 2.85 bits per heavy atom. The van der Waals surface area contributed by atoms with Gasteiger partial charge in [-0.3, -0.25) is 0 Å². The highest BCUT2D eigenvalue weighted by molar-refractivity contribution is 5.07. The SMILES string of the molecule is CCCn1nncc1C(NCC)C1CCCCC1(C)C. The van der Waals surface area contributed by atoms with Gasteiger partial charge in [0, 0.05) is 6.54 Å². The van der Waals surface area contributed by atoms with Gasteiger partial charge in [-0.2, -0.15) is 0 Å². The standard InChI is InChI=1S/C16H30N4/c1-5-11-20-14(12-18-19-20)15(17-6-2)13-9-7-8-10-16(13,3)4/h12-13,15,17H,5-11H2,1-4H3. The Balaban J connectivity index is 2.27. The van der Waals surface area contributed by atoms with Crippen LogP contribution in [0.2, 0.25) is 0 Å². The summed E-state index contributed by atoms with van der Waals surface area (Å²) in [5.41, 5.74) is 1.67. The molecule has 1 aromatic heterocycles. The summed E-state index contributed by atoms with van der Waals surface area (Å²) in [6, 6.07) is 0.386. The van der Waals surface area contributed by atoms with Crippen LogP contribution < -0.4 is 5.32 Å². The van der Waals surface area contributed by atoms with Crippen LogP contribution in [0.3, 0.4) is 0 Å². The van der Waals surface area contributed by atoms with Crippen molar-refractivity contribution in [2.24, 2.45) is 11.3 Å². The molecule has 1 aliphatic rings. The lowest BCUT2D eigenvalue weighted by Gasteiger charge is -2.43. The molecule has 1 heterocycles. The minimum atomic E-state index is 0.386. The third-order valence-electron chi connectivity index (χ3n) is 4.82. The number of aryl methyl sites for hydroxylation is 1. The Morgan fingerprint density at radius 1 is 1.40 bits per heavy atom. The molecule has 1 N–H and O–H groups in total. The molecule has 0 aliphatic heterocycles. The lowest BCUT2D eigenvalue weighted by molar-refractivity contribution is 0.0952. The first-order chi connectivity index (χ1) is 9.60. The van der Waals surface area contributed by atoms with Gasteiger partial charge < -0.3 is 5.32 Å². The van der Waals surface area contributed by atoms with Gasteiger partial charge in [0.05, 0.1) is 17.9 Å². The largest absolute Gasteiger partial charge is 0.309 e. The Bertz CT molecular complexity index is 410. The smallest absolute Gasteiger partial charge is 0.0759 e. The van der Waals surface area contributed by atoms with Gasteiger partial charge >= 0.3 is 0 Å². The molecular weight excluding hydrogens is 248 g/mol. The lowest BCUT2D eigenvalue weighted by Crippen LogP contribution is -2.40. The van der Waals surface area contributed by atoms with Crippen molar-refractivity contribution >= 4 is 0 Å². The van der Waals surface area contributed by atoms with Crippen LogP contribution in [-0.2, 0) is 6.54 Å². The third kappa shape index (κ3) is 3.22. The molecule has 2 unspecified atom stereocenters. The maximum absolute atomic E-state index is 4.28. The van der Waals surface area contributed by atoms with Crippen LogP contribution in [-0.4, -0.2) is 21.5 Å². The third-order valence-corrected chi connectivity index (χ3v) is 4.82. The second kappa shape index (κ2) is 6.70. The van der Waals surface area contributed by atoms with Crippen molar-refractivity contribution in [3.63, 3.8) is 0 Å². The van der Waals surface area contributed by atoms with Gasteiger partial charge in [0.1, 0.15) is 0 Å². The molecule has 20 heavy (non-hydrogen) atoms. The normalized spacial score (nSPS) is 23.7. The Morgan fingerprint density at radius 2 is 2.20 bits per heavy atom. The molecule has 1 aromatic rings. The number of rotatable bonds is 6. The highest BCUT2D eigenvalue weighted by Gasteiger charge is 2.39. The molecular formula is C16H30N4. The first-order valence-electron chi connectivity index (χ1n) is 8.22. The van der Waals surface area contributed by atoms with Crippen LogP contribution in [0.15, 0.2) is 6.20 Å². The van der Waals surface area contributed by atoms with E-state index in [2.05, 4.69) is 48.0 Å². The van der Waals surface area contributed by atoms with Gasteiger partial charge in [0.2, 0.25) is 0 Å². The van der Waals surface area contributed by atoms with Gasteiger partial charge in [-0.05, 0) is 37.1 Å². The molecule has 0 spiro atoms. The predicted octanol–water partition coefficient (Wildman–Crippen LogP) is 3.56. The molecule has 0 aromatic carbocycles. The van der Waals surface area contributed by atoms with Gasteiger partial charge in [-0.1, -0.05) is 45.7 Å². The number of aromatic nitrogens is 3. The van der Waals surface area contributed by atoms with E-state index >= 15 is 0 Å². The second-order valence-electron chi connectivity index (χ2n) is 6.76. The summed E-state index contributed by atoms with van der Waals surface area (Å²) in [5, 5.41) is 12.1. The number of hydrogen-bond acceptors (Lipinski definition) is 3. The van der Waals surface area contributed by atoms with Gasteiger partial charge in [-0.15, -0.1) is 5.10 Å². The van der Waals surface area contributed by atoms with E-state index in [0.29, 0.717) is 17.4 Å². The first-order valence-corrected chi connectivity index (χ1v) is 8.22. The van der Waals surface area contributed by atoms with Crippen molar-refractivity contribution in [1.29, 1.82) is 0 Å². The topological polar surface area (TPSA) is 42.7 Å². The van der Waals surface area contributed by atoms with Gasteiger partial charge in [-0.25, -0.2) is 4.68 Å². The van der Waals surface area contributed by atoms with Crippen LogP contribution >= 0.6 is 0 Å². The van der Waals surface area contributed by atoms with Crippen molar-refractivity contribution in [3.05, 3.63) is 11.9 Å². The average Bonchev–Trinajstić information content (AvgIpc) is 2.85. The van der Waals surface area contributed by atoms with E-state index in [4.69, 9.17) is 0 Å². The highest BCUT2D eigenvalue weighted by atomic mass is 15.4. The summed E-state index contributed by atoms with van der Waals surface area (Å²) in [4.78, 5) is 0. The van der Waals surface area contributed by atoms with E-state index in [1.54, 1.807) is 0 Å². The zero-order valence-electron chi connectivity index (χ0n) is 13.5. The van der Waals surface area contributed by atoms with Crippen molar-refractivity contribution in [3.8, 4) is 0 Å². The number of hydrogen-bond donors (Lipinski definition) is 1. The quantitative estimate of drug-likeness (QED) is 0.865. The lowest BCUT2D eigenvalue weighted by atomic mass is 9.65. The van der Waals surface area contributed by atoms with Gasteiger partial charge in [0.25, 0.3) is 0 Å². The van der Waals surface area contributed by atoms with E-state index in [1.807, 2.05) is 6.20 Å². The molecule has 4 heteroatoms. The number of nitrogens with zero attached hydrogens (tertiary/aromatic N) is 3. The molecule has 0 radical (unpaired) electrons. The van der Waals surface area contributed by atoms with Crippen LogP contribution in [0.1, 0.15) is 71.5 Å². The summed E-state index contributed by atoms with van der Waals surface area (Å²) in [5.74, 6) is 0.672. The summed E-state index contributed by atoms with van der Waals surface area (Å²) >= 11 is 0. The Hall–Kier alpha value is -0.900. The summed E-state index contributed by atoms with van der Waals surface area (Å²) in [6.45, 7) is 11.2. The van der Waals surface area contributed by atoms with Gasteiger partial charge in [0.15, 0.2) is 0 Å². The van der Waals surface area contributed by atoms with E-state index < -0.39 is 0 Å².